The highest BCUT2D eigenvalue weighted by molar-refractivity contribution is 6.30. The molecule has 0 spiro atoms. The fourth-order valence-electron chi connectivity index (χ4n) is 4.57. The fourth-order valence-corrected chi connectivity index (χ4v) is 4.76. The minimum atomic E-state index is -0.484. The molecule has 3 heteroatoms. The molecular formula is C26H34ClNO. The Balaban J connectivity index is 2.22. The summed E-state index contributed by atoms with van der Waals surface area (Å²) >= 11 is 6.38. The molecule has 0 aliphatic heterocycles. The molecule has 2 nitrogen and oxygen atoms in total. The van der Waals surface area contributed by atoms with Gasteiger partial charge in [-0.1, -0.05) is 67.3 Å². The van der Waals surface area contributed by atoms with Gasteiger partial charge in [0.2, 0.25) is 0 Å². The number of rotatable bonds is 6. The average Bonchev–Trinajstić information content (AvgIpc) is 2.91. The van der Waals surface area contributed by atoms with E-state index < -0.39 is 6.23 Å². The monoisotopic (exact) mass is 411 g/mol. The van der Waals surface area contributed by atoms with Crippen LogP contribution in [0.4, 0.5) is 0 Å². The minimum absolute atomic E-state index is 0.383. The van der Waals surface area contributed by atoms with Crippen LogP contribution >= 0.6 is 11.6 Å². The zero-order valence-corrected chi connectivity index (χ0v) is 18.9. The standard InChI is InChI=1S/C26H34ClNO/c1-5-7-20(14-15-28-19(4)29)26-24-13-12-23(27)16-22(24)11-10-21-9-6-8-17(2)18(3)25(21)26/h6,8-9,12-13,16,18-19,28-29H,5,7,10-11,14-15H2,1-4H3/b26-20-/t18-,19?/m0/s1. The lowest BCUT2D eigenvalue weighted by molar-refractivity contribution is 0.157. The fraction of sp³-hybridized carbons (Fsp3) is 0.462. The summed E-state index contributed by atoms with van der Waals surface area (Å²) in [5.74, 6) is 0.383. The molecule has 3 rings (SSSR count). The highest BCUT2D eigenvalue weighted by atomic mass is 35.5. The van der Waals surface area contributed by atoms with Gasteiger partial charge in [0.1, 0.15) is 6.23 Å². The summed E-state index contributed by atoms with van der Waals surface area (Å²) in [6, 6.07) is 6.41. The Labute approximate surface area is 181 Å². The van der Waals surface area contributed by atoms with Gasteiger partial charge < -0.3 is 5.11 Å². The Bertz CT molecular complexity index is 873. The molecular weight excluding hydrogens is 378 g/mol. The maximum atomic E-state index is 9.67. The first-order chi connectivity index (χ1) is 13.9. The lowest BCUT2D eigenvalue weighted by Gasteiger charge is -2.25. The molecule has 0 fully saturated rings. The molecule has 156 valence electrons. The highest BCUT2D eigenvalue weighted by Gasteiger charge is 2.27. The largest absolute Gasteiger partial charge is 0.379 e. The van der Waals surface area contributed by atoms with Gasteiger partial charge in [-0.3, -0.25) is 5.32 Å². The quantitative estimate of drug-likeness (QED) is 0.516. The molecule has 29 heavy (non-hydrogen) atoms. The first kappa shape index (κ1) is 22.1. The first-order valence-corrected chi connectivity index (χ1v) is 11.3. The van der Waals surface area contributed by atoms with Crippen LogP contribution in [0, 0.1) is 5.92 Å². The van der Waals surface area contributed by atoms with Crippen LogP contribution in [0.25, 0.3) is 5.57 Å². The molecule has 1 aromatic carbocycles. The summed E-state index contributed by atoms with van der Waals surface area (Å²) in [5, 5.41) is 13.7. The van der Waals surface area contributed by atoms with Gasteiger partial charge in [0.05, 0.1) is 0 Å². The summed E-state index contributed by atoms with van der Waals surface area (Å²) in [6.45, 7) is 9.39. The van der Waals surface area contributed by atoms with Gasteiger partial charge in [-0.05, 0) is 79.5 Å². The van der Waals surface area contributed by atoms with Crippen molar-refractivity contribution in [2.24, 2.45) is 5.92 Å². The van der Waals surface area contributed by atoms with Crippen molar-refractivity contribution in [1.29, 1.82) is 0 Å². The van der Waals surface area contributed by atoms with Crippen LogP contribution in [0.3, 0.4) is 0 Å². The van der Waals surface area contributed by atoms with E-state index in [0.29, 0.717) is 5.92 Å². The summed E-state index contributed by atoms with van der Waals surface area (Å²) < 4.78 is 0. The predicted molar refractivity (Wildman–Crippen MR) is 125 cm³/mol. The summed E-state index contributed by atoms with van der Waals surface area (Å²) in [5.41, 5.74) is 9.92. The van der Waals surface area contributed by atoms with E-state index in [0.717, 1.165) is 43.7 Å². The van der Waals surface area contributed by atoms with E-state index >= 15 is 0 Å². The van der Waals surface area contributed by atoms with E-state index in [1.165, 1.54) is 39.0 Å². The molecule has 0 saturated heterocycles. The first-order valence-electron chi connectivity index (χ1n) is 10.9. The zero-order chi connectivity index (χ0) is 21.0. The topological polar surface area (TPSA) is 32.3 Å². The third-order valence-electron chi connectivity index (χ3n) is 6.16. The molecule has 0 aromatic heterocycles. The van der Waals surface area contributed by atoms with Gasteiger partial charge in [0.15, 0.2) is 0 Å². The number of aliphatic hydroxyl groups is 1. The third-order valence-corrected chi connectivity index (χ3v) is 6.40. The normalized spacial score (nSPS) is 21.7. The zero-order valence-electron chi connectivity index (χ0n) is 18.2. The Morgan fingerprint density at radius 1 is 1.28 bits per heavy atom. The van der Waals surface area contributed by atoms with Gasteiger partial charge in [-0.2, -0.15) is 0 Å². The van der Waals surface area contributed by atoms with Crippen molar-refractivity contribution in [3.05, 3.63) is 74.9 Å². The predicted octanol–water partition coefficient (Wildman–Crippen LogP) is 6.61. The summed E-state index contributed by atoms with van der Waals surface area (Å²) in [4.78, 5) is 0. The maximum absolute atomic E-state index is 9.67. The van der Waals surface area contributed by atoms with Crippen LogP contribution in [-0.2, 0) is 6.42 Å². The van der Waals surface area contributed by atoms with Crippen LogP contribution in [0.5, 0.6) is 0 Å². The molecule has 2 N–H and O–H groups in total. The second-order valence-corrected chi connectivity index (χ2v) is 8.78. The van der Waals surface area contributed by atoms with E-state index in [1.54, 1.807) is 6.92 Å². The Kier molecular flexibility index (Phi) is 7.56. The SMILES string of the molecule is CCC/C(CCNC(C)O)=C1/C2=C(C=CC=C(C)[C@@H]2C)CCc2cc(Cl)ccc21. The Morgan fingerprint density at radius 3 is 2.79 bits per heavy atom. The summed E-state index contributed by atoms with van der Waals surface area (Å²) in [6.07, 6.45) is 11.5. The van der Waals surface area contributed by atoms with Crippen LogP contribution in [0.15, 0.2) is 58.7 Å². The minimum Gasteiger partial charge on any atom is -0.379 e. The van der Waals surface area contributed by atoms with Crippen molar-refractivity contribution in [2.45, 2.75) is 66.0 Å². The van der Waals surface area contributed by atoms with Gasteiger partial charge in [0.25, 0.3) is 0 Å². The lowest BCUT2D eigenvalue weighted by Crippen LogP contribution is -2.26. The van der Waals surface area contributed by atoms with Crippen molar-refractivity contribution in [2.75, 3.05) is 6.54 Å². The molecule has 0 heterocycles. The van der Waals surface area contributed by atoms with Crippen molar-refractivity contribution in [3.63, 3.8) is 0 Å². The van der Waals surface area contributed by atoms with E-state index in [9.17, 15) is 5.11 Å². The van der Waals surface area contributed by atoms with Crippen LogP contribution in [0.2, 0.25) is 5.02 Å². The second-order valence-electron chi connectivity index (χ2n) is 8.34. The number of allylic oxidation sites excluding steroid dienone is 7. The molecule has 0 bridgehead atoms. The molecule has 2 aliphatic carbocycles. The Morgan fingerprint density at radius 2 is 2.07 bits per heavy atom. The van der Waals surface area contributed by atoms with E-state index in [4.69, 9.17) is 11.6 Å². The number of hydrogen-bond acceptors (Lipinski definition) is 2. The number of aliphatic hydroxyl groups excluding tert-OH is 1. The van der Waals surface area contributed by atoms with Gasteiger partial charge in [-0.25, -0.2) is 0 Å². The van der Waals surface area contributed by atoms with E-state index in [2.05, 4.69) is 56.4 Å². The average molecular weight is 412 g/mol. The number of halogens is 1. The highest BCUT2D eigenvalue weighted by Crippen LogP contribution is 2.45. The van der Waals surface area contributed by atoms with Crippen molar-refractivity contribution < 1.29 is 5.11 Å². The molecule has 2 atom stereocenters. The van der Waals surface area contributed by atoms with Crippen molar-refractivity contribution in [3.8, 4) is 0 Å². The molecule has 2 aliphatic rings. The molecule has 0 radical (unpaired) electrons. The maximum Gasteiger partial charge on any atom is 0.102 e. The van der Waals surface area contributed by atoms with Crippen LogP contribution < -0.4 is 5.32 Å². The number of nitrogens with one attached hydrogen (secondary N) is 1. The summed E-state index contributed by atoms with van der Waals surface area (Å²) in [7, 11) is 0. The van der Waals surface area contributed by atoms with Gasteiger partial charge in [0, 0.05) is 17.5 Å². The molecule has 0 amide bonds. The number of fused-ring (bicyclic) bond motifs is 1. The second kappa shape index (κ2) is 9.93. The number of hydrogen-bond donors (Lipinski definition) is 2. The molecule has 1 unspecified atom stereocenters. The molecule has 0 saturated carbocycles. The number of benzene rings is 1. The lowest BCUT2D eigenvalue weighted by atomic mass is 9.79. The van der Waals surface area contributed by atoms with Gasteiger partial charge in [-0.15, -0.1) is 0 Å². The van der Waals surface area contributed by atoms with E-state index in [1.807, 2.05) is 6.07 Å². The van der Waals surface area contributed by atoms with Crippen LogP contribution in [-0.4, -0.2) is 17.9 Å². The Hall–Kier alpha value is -1.61. The van der Waals surface area contributed by atoms with E-state index in [-0.39, 0.29) is 0 Å². The van der Waals surface area contributed by atoms with Crippen molar-refractivity contribution >= 4 is 17.2 Å². The van der Waals surface area contributed by atoms with Crippen LogP contribution in [0.1, 0.15) is 64.5 Å². The smallest absolute Gasteiger partial charge is 0.102 e. The van der Waals surface area contributed by atoms with Crippen molar-refractivity contribution in [1.82, 2.24) is 5.32 Å². The van der Waals surface area contributed by atoms with Gasteiger partial charge >= 0.3 is 0 Å². The number of aryl methyl sites for hydroxylation is 1. The third kappa shape index (κ3) is 5.12. The molecule has 1 aromatic rings.